The SMILES string of the molecule is CCCN1CC(Cc2ccc(OC)cc2)C1. The second kappa shape index (κ2) is 5.35. The second-order valence-electron chi connectivity index (χ2n) is 4.68. The molecule has 0 spiro atoms. The Hall–Kier alpha value is -1.02. The Morgan fingerprint density at radius 1 is 1.25 bits per heavy atom. The number of methoxy groups -OCH3 is 1. The molecule has 2 nitrogen and oxygen atoms in total. The van der Waals surface area contributed by atoms with E-state index in [1.807, 2.05) is 0 Å². The molecule has 0 N–H and O–H groups in total. The Labute approximate surface area is 98.2 Å². The maximum atomic E-state index is 5.16. The summed E-state index contributed by atoms with van der Waals surface area (Å²) in [6.07, 6.45) is 2.49. The van der Waals surface area contributed by atoms with Crippen LogP contribution in [0, 0.1) is 5.92 Å². The van der Waals surface area contributed by atoms with Crippen molar-refractivity contribution >= 4 is 0 Å². The summed E-state index contributed by atoms with van der Waals surface area (Å²) in [7, 11) is 1.71. The molecule has 0 aliphatic carbocycles. The Balaban J connectivity index is 1.78. The normalized spacial score (nSPS) is 17.1. The molecule has 2 rings (SSSR count). The van der Waals surface area contributed by atoms with Gasteiger partial charge in [-0.1, -0.05) is 19.1 Å². The molecule has 0 aromatic heterocycles. The zero-order valence-corrected chi connectivity index (χ0v) is 10.3. The third-order valence-electron chi connectivity index (χ3n) is 3.26. The molecular formula is C14H21NO. The first-order chi connectivity index (χ1) is 7.81. The lowest BCUT2D eigenvalue weighted by molar-refractivity contribution is 0.101. The van der Waals surface area contributed by atoms with E-state index in [4.69, 9.17) is 4.74 Å². The monoisotopic (exact) mass is 219 g/mol. The first-order valence-electron chi connectivity index (χ1n) is 6.17. The molecule has 1 aliphatic heterocycles. The van der Waals surface area contributed by atoms with E-state index in [9.17, 15) is 0 Å². The molecule has 1 aromatic carbocycles. The lowest BCUT2D eigenvalue weighted by Gasteiger charge is -2.39. The molecular weight excluding hydrogens is 198 g/mol. The summed E-state index contributed by atoms with van der Waals surface area (Å²) >= 11 is 0. The average Bonchev–Trinajstić information content (AvgIpc) is 2.27. The number of likely N-dealkylation sites (tertiary alicyclic amines) is 1. The van der Waals surface area contributed by atoms with Gasteiger partial charge in [-0.2, -0.15) is 0 Å². The Morgan fingerprint density at radius 3 is 2.50 bits per heavy atom. The van der Waals surface area contributed by atoms with Gasteiger partial charge in [0.05, 0.1) is 7.11 Å². The van der Waals surface area contributed by atoms with Gasteiger partial charge in [0.25, 0.3) is 0 Å². The Kier molecular flexibility index (Phi) is 3.83. The van der Waals surface area contributed by atoms with Crippen LogP contribution < -0.4 is 4.74 Å². The summed E-state index contributed by atoms with van der Waals surface area (Å²) in [6, 6.07) is 8.47. The predicted octanol–water partition coefficient (Wildman–Crippen LogP) is 2.58. The Bertz CT molecular complexity index is 314. The van der Waals surface area contributed by atoms with Crippen LogP contribution in [0.25, 0.3) is 0 Å². The van der Waals surface area contributed by atoms with E-state index in [2.05, 4.69) is 36.1 Å². The first kappa shape index (κ1) is 11.5. The lowest BCUT2D eigenvalue weighted by atomic mass is 9.92. The zero-order valence-electron chi connectivity index (χ0n) is 10.3. The van der Waals surface area contributed by atoms with Gasteiger partial charge in [-0.15, -0.1) is 0 Å². The molecule has 88 valence electrons. The van der Waals surface area contributed by atoms with Crippen molar-refractivity contribution in [2.75, 3.05) is 26.7 Å². The van der Waals surface area contributed by atoms with Crippen molar-refractivity contribution < 1.29 is 4.74 Å². The van der Waals surface area contributed by atoms with Gasteiger partial charge in [-0.05, 0) is 43.0 Å². The van der Waals surface area contributed by atoms with E-state index < -0.39 is 0 Å². The maximum absolute atomic E-state index is 5.16. The van der Waals surface area contributed by atoms with Crippen molar-refractivity contribution in [2.24, 2.45) is 5.92 Å². The summed E-state index contributed by atoms with van der Waals surface area (Å²) in [4.78, 5) is 2.54. The highest BCUT2D eigenvalue weighted by atomic mass is 16.5. The molecule has 1 aromatic rings. The van der Waals surface area contributed by atoms with Crippen LogP contribution in [0.15, 0.2) is 24.3 Å². The summed E-state index contributed by atoms with van der Waals surface area (Å²) in [6.45, 7) is 6.07. The zero-order chi connectivity index (χ0) is 11.4. The summed E-state index contributed by atoms with van der Waals surface area (Å²) in [5, 5.41) is 0. The number of nitrogens with zero attached hydrogens (tertiary/aromatic N) is 1. The van der Waals surface area contributed by atoms with Crippen LogP contribution in [-0.2, 0) is 6.42 Å². The van der Waals surface area contributed by atoms with E-state index in [0.29, 0.717) is 0 Å². The number of hydrogen-bond donors (Lipinski definition) is 0. The van der Waals surface area contributed by atoms with Crippen molar-refractivity contribution in [1.82, 2.24) is 4.90 Å². The maximum Gasteiger partial charge on any atom is 0.118 e. The highest BCUT2D eigenvalue weighted by molar-refractivity contribution is 5.27. The minimum Gasteiger partial charge on any atom is -0.497 e. The lowest BCUT2D eigenvalue weighted by Crippen LogP contribution is -2.47. The van der Waals surface area contributed by atoms with Gasteiger partial charge in [-0.25, -0.2) is 0 Å². The molecule has 0 bridgehead atoms. The quantitative estimate of drug-likeness (QED) is 0.754. The van der Waals surface area contributed by atoms with Crippen LogP contribution in [0.5, 0.6) is 5.75 Å². The Morgan fingerprint density at radius 2 is 1.94 bits per heavy atom. The van der Waals surface area contributed by atoms with Crippen molar-refractivity contribution in [2.45, 2.75) is 19.8 Å². The third kappa shape index (κ3) is 2.76. The minimum atomic E-state index is 0.861. The summed E-state index contributed by atoms with van der Waals surface area (Å²) < 4.78 is 5.16. The molecule has 1 aliphatic rings. The second-order valence-corrected chi connectivity index (χ2v) is 4.68. The summed E-state index contributed by atoms with van der Waals surface area (Å²) in [5.74, 6) is 1.81. The van der Waals surface area contributed by atoms with Gasteiger partial charge in [0.15, 0.2) is 0 Å². The van der Waals surface area contributed by atoms with Crippen LogP contribution in [-0.4, -0.2) is 31.6 Å². The smallest absolute Gasteiger partial charge is 0.118 e. The van der Waals surface area contributed by atoms with Gasteiger partial charge in [0, 0.05) is 13.1 Å². The fraction of sp³-hybridized carbons (Fsp3) is 0.571. The number of rotatable bonds is 5. The first-order valence-corrected chi connectivity index (χ1v) is 6.17. The highest BCUT2D eigenvalue weighted by Crippen LogP contribution is 2.21. The van der Waals surface area contributed by atoms with Crippen LogP contribution in [0.1, 0.15) is 18.9 Å². The molecule has 1 fully saturated rings. The molecule has 1 heterocycles. The van der Waals surface area contributed by atoms with E-state index in [1.165, 1.54) is 38.0 Å². The fourth-order valence-corrected chi connectivity index (χ4v) is 2.40. The third-order valence-corrected chi connectivity index (χ3v) is 3.26. The van der Waals surface area contributed by atoms with Crippen LogP contribution in [0.4, 0.5) is 0 Å². The largest absolute Gasteiger partial charge is 0.497 e. The van der Waals surface area contributed by atoms with Gasteiger partial charge in [-0.3, -0.25) is 0 Å². The van der Waals surface area contributed by atoms with Crippen LogP contribution >= 0.6 is 0 Å². The molecule has 0 saturated carbocycles. The fourth-order valence-electron chi connectivity index (χ4n) is 2.40. The minimum absolute atomic E-state index is 0.861. The molecule has 0 amide bonds. The van der Waals surface area contributed by atoms with Crippen molar-refractivity contribution in [1.29, 1.82) is 0 Å². The van der Waals surface area contributed by atoms with Gasteiger partial charge >= 0.3 is 0 Å². The van der Waals surface area contributed by atoms with Crippen molar-refractivity contribution in [3.05, 3.63) is 29.8 Å². The molecule has 2 heteroatoms. The average molecular weight is 219 g/mol. The number of benzene rings is 1. The van der Waals surface area contributed by atoms with Crippen LogP contribution in [0.2, 0.25) is 0 Å². The van der Waals surface area contributed by atoms with E-state index in [0.717, 1.165) is 11.7 Å². The predicted molar refractivity (Wildman–Crippen MR) is 66.9 cm³/mol. The van der Waals surface area contributed by atoms with Crippen LogP contribution in [0.3, 0.4) is 0 Å². The molecule has 0 radical (unpaired) electrons. The molecule has 0 unspecified atom stereocenters. The molecule has 16 heavy (non-hydrogen) atoms. The number of hydrogen-bond acceptors (Lipinski definition) is 2. The topological polar surface area (TPSA) is 12.5 Å². The van der Waals surface area contributed by atoms with E-state index in [1.54, 1.807) is 7.11 Å². The van der Waals surface area contributed by atoms with Gasteiger partial charge in [0.1, 0.15) is 5.75 Å². The molecule has 1 saturated heterocycles. The van der Waals surface area contributed by atoms with Gasteiger partial charge in [0.2, 0.25) is 0 Å². The van der Waals surface area contributed by atoms with Crippen molar-refractivity contribution in [3.8, 4) is 5.75 Å². The highest BCUT2D eigenvalue weighted by Gasteiger charge is 2.25. The van der Waals surface area contributed by atoms with E-state index >= 15 is 0 Å². The van der Waals surface area contributed by atoms with Gasteiger partial charge < -0.3 is 9.64 Å². The number of ether oxygens (including phenoxy) is 1. The van der Waals surface area contributed by atoms with E-state index in [-0.39, 0.29) is 0 Å². The standard InChI is InChI=1S/C14H21NO/c1-3-8-15-10-13(11-15)9-12-4-6-14(16-2)7-5-12/h4-7,13H,3,8-11H2,1-2H3. The van der Waals surface area contributed by atoms with Crippen molar-refractivity contribution in [3.63, 3.8) is 0 Å². The molecule has 0 atom stereocenters. The summed E-state index contributed by atoms with van der Waals surface area (Å²) in [5.41, 5.74) is 1.43.